The second kappa shape index (κ2) is 9.73. The molecule has 0 aromatic heterocycles. The minimum Gasteiger partial charge on any atom is -0.383 e. The third-order valence-electron chi connectivity index (χ3n) is 4.15. The molecular weight excluding hydrogens is 270 g/mol. The summed E-state index contributed by atoms with van der Waals surface area (Å²) in [5, 5.41) is 5.48. The average molecular weight is 299 g/mol. The highest BCUT2D eigenvalue weighted by atomic mass is 16.5. The van der Waals surface area contributed by atoms with Crippen LogP contribution in [0, 0.1) is 11.8 Å². The van der Waals surface area contributed by atoms with Crippen LogP contribution in [-0.4, -0.2) is 44.7 Å². The van der Waals surface area contributed by atoms with Crippen LogP contribution in [0.1, 0.15) is 39.0 Å². The minimum absolute atomic E-state index is 0.0411. The zero-order chi connectivity index (χ0) is 15.7. The number of carbonyl (C=O) groups is 2. The largest absolute Gasteiger partial charge is 0.383 e. The van der Waals surface area contributed by atoms with Gasteiger partial charge in [-0.3, -0.25) is 9.59 Å². The maximum atomic E-state index is 12.0. The number of hydrogen-bond donors (Lipinski definition) is 3. The van der Waals surface area contributed by atoms with E-state index in [2.05, 4.69) is 10.6 Å². The van der Waals surface area contributed by atoms with Gasteiger partial charge < -0.3 is 21.1 Å². The highest BCUT2D eigenvalue weighted by Gasteiger charge is 2.23. The van der Waals surface area contributed by atoms with Crippen LogP contribution in [0.3, 0.4) is 0 Å². The van der Waals surface area contributed by atoms with Gasteiger partial charge in [-0.1, -0.05) is 0 Å². The quantitative estimate of drug-likeness (QED) is 0.566. The number of nitrogens with one attached hydrogen (secondary N) is 2. The molecule has 0 aromatic rings. The van der Waals surface area contributed by atoms with E-state index in [1.54, 1.807) is 14.0 Å². The van der Waals surface area contributed by atoms with Crippen molar-refractivity contribution in [1.82, 2.24) is 10.6 Å². The molecule has 0 spiro atoms. The molecule has 1 aliphatic rings. The van der Waals surface area contributed by atoms with Gasteiger partial charge in [0.2, 0.25) is 11.8 Å². The number of rotatable bonds is 8. The van der Waals surface area contributed by atoms with Crippen molar-refractivity contribution < 1.29 is 14.3 Å². The van der Waals surface area contributed by atoms with Gasteiger partial charge in [-0.2, -0.15) is 0 Å². The van der Waals surface area contributed by atoms with Crippen molar-refractivity contribution >= 4 is 11.8 Å². The Kier molecular flexibility index (Phi) is 8.30. The van der Waals surface area contributed by atoms with Crippen LogP contribution < -0.4 is 16.4 Å². The van der Waals surface area contributed by atoms with Gasteiger partial charge in [-0.15, -0.1) is 0 Å². The van der Waals surface area contributed by atoms with Gasteiger partial charge in [0.15, 0.2) is 0 Å². The summed E-state index contributed by atoms with van der Waals surface area (Å²) < 4.78 is 4.86. The van der Waals surface area contributed by atoms with Gasteiger partial charge in [0, 0.05) is 20.1 Å². The van der Waals surface area contributed by atoms with Crippen LogP contribution in [0.5, 0.6) is 0 Å². The van der Waals surface area contributed by atoms with E-state index < -0.39 is 6.04 Å². The predicted molar refractivity (Wildman–Crippen MR) is 81.6 cm³/mol. The predicted octanol–water partition coefficient (Wildman–Crippen LogP) is 0.409. The van der Waals surface area contributed by atoms with Crippen molar-refractivity contribution in [3.05, 3.63) is 0 Å². The highest BCUT2D eigenvalue weighted by molar-refractivity contribution is 5.87. The van der Waals surface area contributed by atoms with Crippen LogP contribution in [0.4, 0.5) is 0 Å². The molecule has 0 radical (unpaired) electrons. The second-order valence-corrected chi connectivity index (χ2v) is 5.90. The third-order valence-corrected chi connectivity index (χ3v) is 4.15. The van der Waals surface area contributed by atoms with E-state index in [1.807, 2.05) is 0 Å². The van der Waals surface area contributed by atoms with Gasteiger partial charge in [-0.05, 0) is 51.0 Å². The molecule has 0 heterocycles. The van der Waals surface area contributed by atoms with E-state index in [-0.39, 0.29) is 11.8 Å². The Hall–Kier alpha value is -1.14. The molecule has 1 aliphatic carbocycles. The van der Waals surface area contributed by atoms with Crippen LogP contribution in [0.25, 0.3) is 0 Å². The monoisotopic (exact) mass is 299 g/mol. The fourth-order valence-electron chi connectivity index (χ4n) is 2.73. The van der Waals surface area contributed by atoms with Crippen molar-refractivity contribution in [1.29, 1.82) is 0 Å². The van der Waals surface area contributed by atoms with Gasteiger partial charge in [0.25, 0.3) is 0 Å². The molecule has 6 nitrogen and oxygen atoms in total. The lowest BCUT2D eigenvalue weighted by molar-refractivity contribution is -0.129. The Morgan fingerprint density at radius 2 is 1.86 bits per heavy atom. The maximum Gasteiger partial charge on any atom is 0.242 e. The van der Waals surface area contributed by atoms with Crippen molar-refractivity contribution in [2.24, 2.45) is 17.6 Å². The van der Waals surface area contributed by atoms with Crippen molar-refractivity contribution in [3.63, 3.8) is 0 Å². The summed E-state index contributed by atoms with van der Waals surface area (Å²) in [6.45, 7) is 3.37. The SMILES string of the molecule is COCCNC(=O)C(C)NC(=O)CC1CCC(CN)CC1. The van der Waals surface area contributed by atoms with Gasteiger partial charge in [0.05, 0.1) is 6.61 Å². The molecule has 1 fully saturated rings. The first-order chi connectivity index (χ1) is 10.1. The van der Waals surface area contributed by atoms with Crippen LogP contribution in [0.15, 0.2) is 0 Å². The number of ether oxygens (including phenoxy) is 1. The lowest BCUT2D eigenvalue weighted by Crippen LogP contribution is -2.46. The summed E-state index contributed by atoms with van der Waals surface area (Å²) in [6, 6.07) is -0.505. The Bertz CT molecular complexity index is 328. The number of nitrogens with two attached hydrogens (primary N) is 1. The number of hydrogen-bond acceptors (Lipinski definition) is 4. The molecule has 0 aromatic carbocycles. The number of amides is 2. The van der Waals surface area contributed by atoms with Gasteiger partial charge in [0.1, 0.15) is 6.04 Å². The van der Waals surface area contributed by atoms with E-state index >= 15 is 0 Å². The van der Waals surface area contributed by atoms with E-state index in [1.165, 1.54) is 0 Å². The normalized spacial score (nSPS) is 23.4. The standard InChI is InChI=1S/C15H29N3O3/c1-11(15(20)17-7-8-21-2)18-14(19)9-12-3-5-13(10-16)6-4-12/h11-13H,3-10,16H2,1-2H3,(H,17,20)(H,18,19). The molecule has 6 heteroatoms. The van der Waals surface area contributed by atoms with Crippen LogP contribution in [0.2, 0.25) is 0 Å². The summed E-state index contributed by atoms with van der Waals surface area (Å²) in [6.07, 6.45) is 4.85. The first-order valence-electron chi connectivity index (χ1n) is 7.82. The van der Waals surface area contributed by atoms with Crippen molar-refractivity contribution in [2.75, 3.05) is 26.8 Å². The number of methoxy groups -OCH3 is 1. The summed E-state index contributed by atoms with van der Waals surface area (Å²) in [5.41, 5.74) is 5.67. The van der Waals surface area contributed by atoms with E-state index in [0.29, 0.717) is 31.4 Å². The second-order valence-electron chi connectivity index (χ2n) is 5.90. The Balaban J connectivity index is 2.22. The fourth-order valence-corrected chi connectivity index (χ4v) is 2.73. The molecule has 0 bridgehead atoms. The molecule has 1 rings (SSSR count). The number of carbonyl (C=O) groups excluding carboxylic acids is 2. The summed E-state index contributed by atoms with van der Waals surface area (Å²) in [5.74, 6) is 0.833. The molecule has 2 amide bonds. The maximum absolute atomic E-state index is 12.0. The molecular formula is C15H29N3O3. The lowest BCUT2D eigenvalue weighted by Gasteiger charge is -2.27. The molecule has 1 atom stereocenters. The van der Waals surface area contributed by atoms with Crippen molar-refractivity contribution in [2.45, 2.75) is 45.1 Å². The van der Waals surface area contributed by atoms with Gasteiger partial charge >= 0.3 is 0 Å². The zero-order valence-corrected chi connectivity index (χ0v) is 13.2. The first-order valence-corrected chi connectivity index (χ1v) is 7.82. The third kappa shape index (κ3) is 6.91. The Morgan fingerprint density at radius 1 is 1.24 bits per heavy atom. The molecule has 0 aliphatic heterocycles. The summed E-state index contributed by atoms with van der Waals surface area (Å²) >= 11 is 0. The summed E-state index contributed by atoms with van der Waals surface area (Å²) in [4.78, 5) is 23.7. The van der Waals surface area contributed by atoms with Crippen LogP contribution >= 0.6 is 0 Å². The molecule has 122 valence electrons. The van der Waals surface area contributed by atoms with E-state index in [9.17, 15) is 9.59 Å². The molecule has 0 saturated heterocycles. The first kappa shape index (κ1) is 17.9. The average Bonchev–Trinajstić information content (AvgIpc) is 2.48. The topological polar surface area (TPSA) is 93.5 Å². The molecule has 4 N–H and O–H groups in total. The Morgan fingerprint density at radius 3 is 2.43 bits per heavy atom. The Labute approximate surface area is 127 Å². The smallest absolute Gasteiger partial charge is 0.242 e. The van der Waals surface area contributed by atoms with Gasteiger partial charge in [-0.25, -0.2) is 0 Å². The van der Waals surface area contributed by atoms with E-state index in [0.717, 1.165) is 32.2 Å². The van der Waals surface area contributed by atoms with Crippen LogP contribution in [-0.2, 0) is 14.3 Å². The molecule has 1 unspecified atom stereocenters. The molecule has 21 heavy (non-hydrogen) atoms. The fraction of sp³-hybridized carbons (Fsp3) is 0.867. The zero-order valence-electron chi connectivity index (χ0n) is 13.2. The lowest BCUT2D eigenvalue weighted by atomic mass is 9.80. The molecule has 1 saturated carbocycles. The van der Waals surface area contributed by atoms with Crippen molar-refractivity contribution in [3.8, 4) is 0 Å². The highest BCUT2D eigenvalue weighted by Crippen LogP contribution is 2.30. The summed E-state index contributed by atoms with van der Waals surface area (Å²) in [7, 11) is 1.58. The van der Waals surface area contributed by atoms with E-state index in [4.69, 9.17) is 10.5 Å². The minimum atomic E-state index is -0.505.